The molecule has 0 aliphatic rings. The minimum Gasteiger partial charge on any atom is -0.372 e. The van der Waals surface area contributed by atoms with Crippen LogP contribution < -0.4 is 5.32 Å². The van der Waals surface area contributed by atoms with Crippen molar-refractivity contribution in [2.75, 3.05) is 5.32 Å². The minimum atomic E-state index is -0.401. The van der Waals surface area contributed by atoms with Crippen LogP contribution in [0.15, 0.2) is 47.3 Å². The highest BCUT2D eigenvalue weighted by Gasteiger charge is 2.20. The summed E-state index contributed by atoms with van der Waals surface area (Å²) < 4.78 is 0. The molecule has 0 amide bonds. The molecule has 0 aliphatic heterocycles. The third kappa shape index (κ3) is 2.57. The fraction of sp³-hybridized carbons (Fsp3) is 0.133. The normalized spacial score (nSPS) is 12.2. The summed E-state index contributed by atoms with van der Waals surface area (Å²) in [4.78, 5) is 15.0. The Morgan fingerprint density at radius 3 is 2.86 bits per heavy atom. The number of para-hydroxylation sites is 1. The van der Waals surface area contributed by atoms with Crippen molar-refractivity contribution in [3.8, 4) is 0 Å². The number of nitro groups is 1. The highest BCUT2D eigenvalue weighted by atomic mass is 32.1. The standard InChI is InChI=1S/C15H13N3O2S/c1-10(11-6-7-21-9-11)17-15-12-4-2-3-5-13(12)16-8-14(15)18(19)20/h2-10H,1H3,(H,16,17). The van der Waals surface area contributed by atoms with Crippen LogP contribution in [0.2, 0.25) is 0 Å². The summed E-state index contributed by atoms with van der Waals surface area (Å²) in [6.45, 7) is 1.99. The average molecular weight is 299 g/mol. The van der Waals surface area contributed by atoms with Gasteiger partial charge in [0.2, 0.25) is 0 Å². The van der Waals surface area contributed by atoms with E-state index in [9.17, 15) is 10.1 Å². The molecule has 5 nitrogen and oxygen atoms in total. The van der Waals surface area contributed by atoms with Crippen molar-refractivity contribution < 1.29 is 4.92 Å². The number of benzene rings is 1. The number of anilines is 1. The highest BCUT2D eigenvalue weighted by molar-refractivity contribution is 7.08. The Labute approximate surface area is 125 Å². The van der Waals surface area contributed by atoms with Crippen molar-refractivity contribution in [1.82, 2.24) is 4.98 Å². The Bertz CT molecular complexity index is 787. The Morgan fingerprint density at radius 1 is 1.33 bits per heavy atom. The quantitative estimate of drug-likeness (QED) is 0.573. The van der Waals surface area contributed by atoms with Crippen LogP contribution in [-0.2, 0) is 0 Å². The van der Waals surface area contributed by atoms with Crippen LogP contribution in [0, 0.1) is 10.1 Å². The lowest BCUT2D eigenvalue weighted by molar-refractivity contribution is -0.384. The third-order valence-corrected chi connectivity index (χ3v) is 4.06. The van der Waals surface area contributed by atoms with Crippen LogP contribution in [0.1, 0.15) is 18.5 Å². The van der Waals surface area contributed by atoms with Gasteiger partial charge in [-0.05, 0) is 35.4 Å². The molecule has 1 aromatic carbocycles. The molecule has 0 bridgehead atoms. The summed E-state index contributed by atoms with van der Waals surface area (Å²) in [5, 5.41) is 19.3. The van der Waals surface area contributed by atoms with Gasteiger partial charge in [-0.1, -0.05) is 18.2 Å². The molecule has 1 unspecified atom stereocenters. The molecule has 6 heteroatoms. The zero-order valence-electron chi connectivity index (χ0n) is 11.3. The van der Waals surface area contributed by atoms with Crippen molar-refractivity contribution in [3.63, 3.8) is 0 Å². The van der Waals surface area contributed by atoms with E-state index in [2.05, 4.69) is 10.3 Å². The topological polar surface area (TPSA) is 68.1 Å². The van der Waals surface area contributed by atoms with Crippen molar-refractivity contribution in [3.05, 3.63) is 63.0 Å². The maximum atomic E-state index is 11.3. The molecule has 0 radical (unpaired) electrons. The third-order valence-electron chi connectivity index (χ3n) is 3.36. The Balaban J connectivity index is 2.10. The van der Waals surface area contributed by atoms with E-state index in [-0.39, 0.29) is 11.7 Å². The van der Waals surface area contributed by atoms with Crippen LogP contribution in [-0.4, -0.2) is 9.91 Å². The molecule has 2 heterocycles. The van der Waals surface area contributed by atoms with Gasteiger partial charge >= 0.3 is 5.69 Å². The van der Waals surface area contributed by atoms with Crippen LogP contribution in [0.25, 0.3) is 10.9 Å². The Morgan fingerprint density at radius 2 is 2.14 bits per heavy atom. The van der Waals surface area contributed by atoms with Crippen LogP contribution in [0.4, 0.5) is 11.4 Å². The van der Waals surface area contributed by atoms with E-state index in [1.165, 1.54) is 6.20 Å². The molecule has 0 saturated carbocycles. The van der Waals surface area contributed by atoms with E-state index in [0.717, 1.165) is 16.5 Å². The zero-order chi connectivity index (χ0) is 14.8. The maximum absolute atomic E-state index is 11.3. The van der Waals surface area contributed by atoms with Gasteiger partial charge in [0.05, 0.1) is 10.4 Å². The molecular formula is C15H13N3O2S. The van der Waals surface area contributed by atoms with E-state index in [4.69, 9.17) is 0 Å². The molecule has 0 fully saturated rings. The summed E-state index contributed by atoms with van der Waals surface area (Å²) in [6, 6.07) is 9.41. The number of hydrogen-bond acceptors (Lipinski definition) is 5. The first kappa shape index (κ1) is 13.5. The molecule has 21 heavy (non-hydrogen) atoms. The summed E-state index contributed by atoms with van der Waals surface area (Å²) in [5.41, 5.74) is 2.36. The zero-order valence-corrected chi connectivity index (χ0v) is 12.1. The number of hydrogen-bond donors (Lipinski definition) is 1. The molecule has 3 aromatic rings. The molecule has 0 spiro atoms. The van der Waals surface area contributed by atoms with Crippen molar-refractivity contribution in [1.29, 1.82) is 0 Å². The van der Waals surface area contributed by atoms with E-state index >= 15 is 0 Å². The van der Waals surface area contributed by atoms with Gasteiger partial charge in [0.1, 0.15) is 11.9 Å². The van der Waals surface area contributed by atoms with Gasteiger partial charge in [-0.25, -0.2) is 4.98 Å². The molecule has 1 N–H and O–H groups in total. The van der Waals surface area contributed by atoms with Crippen LogP contribution >= 0.6 is 11.3 Å². The SMILES string of the molecule is CC(Nc1c([N+](=O)[O-])cnc2ccccc12)c1ccsc1. The second-order valence-corrected chi connectivity index (χ2v) is 5.50. The Kier molecular flexibility index (Phi) is 3.53. The lowest BCUT2D eigenvalue weighted by Crippen LogP contribution is -2.08. The van der Waals surface area contributed by atoms with Gasteiger partial charge in [-0.2, -0.15) is 11.3 Å². The minimum absolute atomic E-state index is 0.00391. The first-order chi connectivity index (χ1) is 10.2. The summed E-state index contributed by atoms with van der Waals surface area (Å²) in [7, 11) is 0. The molecule has 1 atom stereocenters. The number of nitrogens with one attached hydrogen (secondary N) is 1. The van der Waals surface area contributed by atoms with Crippen molar-refractivity contribution in [2.24, 2.45) is 0 Å². The second-order valence-electron chi connectivity index (χ2n) is 4.72. The molecule has 0 saturated heterocycles. The van der Waals surface area contributed by atoms with Crippen molar-refractivity contribution >= 4 is 33.6 Å². The number of pyridine rings is 1. The maximum Gasteiger partial charge on any atom is 0.311 e. The number of thiophene rings is 1. The monoisotopic (exact) mass is 299 g/mol. The average Bonchev–Trinajstić information content (AvgIpc) is 3.01. The highest BCUT2D eigenvalue weighted by Crippen LogP contribution is 2.34. The van der Waals surface area contributed by atoms with Crippen molar-refractivity contribution in [2.45, 2.75) is 13.0 Å². The fourth-order valence-electron chi connectivity index (χ4n) is 2.24. The number of nitrogens with zero attached hydrogens (tertiary/aromatic N) is 2. The lowest BCUT2D eigenvalue weighted by atomic mass is 10.1. The Hall–Kier alpha value is -2.47. The second kappa shape index (κ2) is 5.49. The first-order valence-corrected chi connectivity index (χ1v) is 7.42. The fourth-order valence-corrected chi connectivity index (χ4v) is 3.00. The van der Waals surface area contributed by atoms with E-state index in [1.54, 1.807) is 11.3 Å². The van der Waals surface area contributed by atoms with E-state index in [1.807, 2.05) is 48.0 Å². The molecule has 2 aromatic heterocycles. The van der Waals surface area contributed by atoms with Gasteiger partial charge in [0.15, 0.2) is 0 Å². The van der Waals surface area contributed by atoms with E-state index < -0.39 is 4.92 Å². The summed E-state index contributed by atoms with van der Waals surface area (Å²) in [5.74, 6) is 0. The predicted molar refractivity (Wildman–Crippen MR) is 84.8 cm³/mol. The number of rotatable bonds is 4. The molecule has 106 valence electrons. The lowest BCUT2D eigenvalue weighted by Gasteiger charge is -2.15. The number of fused-ring (bicyclic) bond motifs is 1. The van der Waals surface area contributed by atoms with Gasteiger partial charge in [-0.15, -0.1) is 0 Å². The van der Waals surface area contributed by atoms with E-state index in [0.29, 0.717) is 5.69 Å². The van der Waals surface area contributed by atoms with Gasteiger partial charge in [0, 0.05) is 11.4 Å². The number of aromatic nitrogens is 1. The summed E-state index contributed by atoms with van der Waals surface area (Å²) >= 11 is 1.61. The van der Waals surface area contributed by atoms with Crippen LogP contribution in [0.3, 0.4) is 0 Å². The molecular weight excluding hydrogens is 286 g/mol. The predicted octanol–water partition coefficient (Wildman–Crippen LogP) is 4.38. The molecule has 3 rings (SSSR count). The smallest absolute Gasteiger partial charge is 0.311 e. The van der Waals surface area contributed by atoms with Crippen LogP contribution in [0.5, 0.6) is 0 Å². The van der Waals surface area contributed by atoms with Gasteiger partial charge < -0.3 is 5.32 Å². The van der Waals surface area contributed by atoms with Gasteiger partial charge in [-0.3, -0.25) is 10.1 Å². The largest absolute Gasteiger partial charge is 0.372 e. The summed E-state index contributed by atoms with van der Waals surface area (Å²) in [6.07, 6.45) is 1.31. The molecule has 0 aliphatic carbocycles. The first-order valence-electron chi connectivity index (χ1n) is 6.47. The van der Waals surface area contributed by atoms with Gasteiger partial charge in [0.25, 0.3) is 0 Å².